The van der Waals surface area contributed by atoms with E-state index in [9.17, 15) is 0 Å². The third-order valence-corrected chi connectivity index (χ3v) is 2.36. The van der Waals surface area contributed by atoms with Crippen molar-refractivity contribution in [2.75, 3.05) is 53.9 Å². The van der Waals surface area contributed by atoms with Gasteiger partial charge in [-0.25, -0.2) is 0 Å². The molecule has 0 heterocycles. The van der Waals surface area contributed by atoms with E-state index in [1.807, 2.05) is 7.05 Å². The lowest BCUT2D eigenvalue weighted by Gasteiger charge is -2.18. The average molecular weight is 187 g/mol. The van der Waals surface area contributed by atoms with Gasteiger partial charge in [-0.3, -0.25) is 0 Å². The zero-order chi connectivity index (χ0) is 10.1. The molecule has 3 nitrogen and oxygen atoms in total. The summed E-state index contributed by atoms with van der Waals surface area (Å²) in [4.78, 5) is 4.73. The molecule has 0 aliphatic rings. The summed E-state index contributed by atoms with van der Waals surface area (Å²) in [6.07, 6.45) is 1.27. The lowest BCUT2D eigenvalue weighted by molar-refractivity contribution is 0.286. The van der Waals surface area contributed by atoms with Crippen molar-refractivity contribution in [1.29, 1.82) is 0 Å². The van der Waals surface area contributed by atoms with Gasteiger partial charge in [0.05, 0.1) is 0 Å². The Labute approximate surface area is 83.1 Å². The molecule has 1 N–H and O–H groups in total. The van der Waals surface area contributed by atoms with Crippen molar-refractivity contribution in [1.82, 2.24) is 15.1 Å². The zero-order valence-electron chi connectivity index (χ0n) is 9.64. The summed E-state index contributed by atoms with van der Waals surface area (Å²) in [5, 5.41) is 3.16. The number of likely N-dealkylation sites (N-methyl/N-ethyl adjacent to an activating group) is 2. The van der Waals surface area contributed by atoms with Crippen LogP contribution in [0.15, 0.2) is 0 Å². The normalized spacial score (nSPS) is 11.5. The maximum absolute atomic E-state index is 3.16. The SMILES string of the molecule is CCN(C)CCCN(C)CCNC. The largest absolute Gasteiger partial charge is 0.318 e. The van der Waals surface area contributed by atoms with E-state index in [1.54, 1.807) is 0 Å². The van der Waals surface area contributed by atoms with Crippen LogP contribution >= 0.6 is 0 Å². The van der Waals surface area contributed by atoms with Crippen molar-refractivity contribution < 1.29 is 0 Å². The molecule has 0 aliphatic carbocycles. The molecule has 0 unspecified atom stereocenters. The highest BCUT2D eigenvalue weighted by Gasteiger charge is 1.98. The molecule has 0 atom stereocenters. The van der Waals surface area contributed by atoms with Gasteiger partial charge in [-0.05, 0) is 47.2 Å². The van der Waals surface area contributed by atoms with Crippen molar-refractivity contribution in [3.8, 4) is 0 Å². The lowest BCUT2D eigenvalue weighted by atomic mass is 10.3. The molecule has 0 rings (SSSR count). The van der Waals surface area contributed by atoms with E-state index in [0.717, 1.165) is 19.6 Å². The fourth-order valence-electron chi connectivity index (χ4n) is 1.18. The van der Waals surface area contributed by atoms with E-state index in [0.29, 0.717) is 0 Å². The summed E-state index contributed by atoms with van der Waals surface area (Å²) in [5.41, 5.74) is 0. The molecule has 0 aromatic carbocycles. The standard InChI is InChI=1S/C10H25N3/c1-5-12(3)8-6-9-13(4)10-7-11-2/h11H,5-10H2,1-4H3. The van der Waals surface area contributed by atoms with Crippen LogP contribution in [0.4, 0.5) is 0 Å². The predicted molar refractivity (Wildman–Crippen MR) is 59.2 cm³/mol. The first-order chi connectivity index (χ1) is 6.20. The summed E-state index contributed by atoms with van der Waals surface area (Å²) < 4.78 is 0. The molecule has 0 aliphatic heterocycles. The van der Waals surface area contributed by atoms with Crippen LogP contribution in [0.1, 0.15) is 13.3 Å². The summed E-state index contributed by atoms with van der Waals surface area (Å²) in [7, 11) is 6.36. The van der Waals surface area contributed by atoms with Crippen LogP contribution in [-0.2, 0) is 0 Å². The van der Waals surface area contributed by atoms with Gasteiger partial charge in [0.25, 0.3) is 0 Å². The minimum Gasteiger partial charge on any atom is -0.318 e. The van der Waals surface area contributed by atoms with E-state index < -0.39 is 0 Å². The van der Waals surface area contributed by atoms with Crippen molar-refractivity contribution in [3.05, 3.63) is 0 Å². The minimum absolute atomic E-state index is 1.08. The van der Waals surface area contributed by atoms with Crippen LogP contribution in [0.3, 0.4) is 0 Å². The summed E-state index contributed by atoms with van der Waals surface area (Å²) in [6.45, 7) is 7.99. The Kier molecular flexibility index (Phi) is 8.40. The summed E-state index contributed by atoms with van der Waals surface area (Å²) >= 11 is 0. The molecule has 0 spiro atoms. The van der Waals surface area contributed by atoms with Gasteiger partial charge in [-0.2, -0.15) is 0 Å². The fourth-order valence-corrected chi connectivity index (χ4v) is 1.18. The maximum atomic E-state index is 3.16. The zero-order valence-corrected chi connectivity index (χ0v) is 9.64. The number of hydrogen-bond acceptors (Lipinski definition) is 3. The summed E-state index contributed by atoms with van der Waals surface area (Å²) in [6, 6.07) is 0. The van der Waals surface area contributed by atoms with E-state index >= 15 is 0 Å². The smallest absolute Gasteiger partial charge is 0.0104 e. The Bertz CT molecular complexity index is 106. The van der Waals surface area contributed by atoms with Crippen molar-refractivity contribution in [2.24, 2.45) is 0 Å². The highest BCUT2D eigenvalue weighted by molar-refractivity contribution is 4.55. The Morgan fingerprint density at radius 2 is 1.62 bits per heavy atom. The van der Waals surface area contributed by atoms with Gasteiger partial charge in [0.1, 0.15) is 0 Å². The maximum Gasteiger partial charge on any atom is 0.0104 e. The lowest BCUT2D eigenvalue weighted by Crippen LogP contribution is -2.30. The van der Waals surface area contributed by atoms with Gasteiger partial charge in [-0.1, -0.05) is 6.92 Å². The van der Waals surface area contributed by atoms with Crippen molar-refractivity contribution >= 4 is 0 Å². The van der Waals surface area contributed by atoms with Crippen LogP contribution in [0.5, 0.6) is 0 Å². The van der Waals surface area contributed by atoms with E-state index in [2.05, 4.69) is 36.1 Å². The third-order valence-electron chi connectivity index (χ3n) is 2.36. The number of hydrogen-bond donors (Lipinski definition) is 1. The van der Waals surface area contributed by atoms with E-state index in [-0.39, 0.29) is 0 Å². The second-order valence-corrected chi connectivity index (χ2v) is 3.66. The second-order valence-electron chi connectivity index (χ2n) is 3.66. The molecule has 0 bridgehead atoms. The Hall–Kier alpha value is -0.120. The van der Waals surface area contributed by atoms with Crippen molar-refractivity contribution in [3.63, 3.8) is 0 Å². The molecule has 0 saturated heterocycles. The Morgan fingerprint density at radius 3 is 2.15 bits per heavy atom. The number of nitrogens with one attached hydrogen (secondary N) is 1. The molecular formula is C10H25N3. The molecule has 0 saturated carbocycles. The third kappa shape index (κ3) is 8.22. The van der Waals surface area contributed by atoms with Crippen LogP contribution in [0.2, 0.25) is 0 Å². The molecule has 0 aromatic heterocycles. The summed E-state index contributed by atoms with van der Waals surface area (Å²) in [5.74, 6) is 0. The molecule has 0 aromatic rings. The fraction of sp³-hybridized carbons (Fsp3) is 1.00. The van der Waals surface area contributed by atoms with E-state index in [4.69, 9.17) is 0 Å². The van der Waals surface area contributed by atoms with Crippen LogP contribution in [0.25, 0.3) is 0 Å². The predicted octanol–water partition coefficient (Wildman–Crippen LogP) is 0.479. The average Bonchev–Trinajstić information content (AvgIpc) is 2.14. The first-order valence-electron chi connectivity index (χ1n) is 5.22. The molecule has 3 heteroatoms. The molecule has 13 heavy (non-hydrogen) atoms. The minimum atomic E-state index is 1.08. The molecule has 80 valence electrons. The van der Waals surface area contributed by atoms with Gasteiger partial charge >= 0.3 is 0 Å². The van der Waals surface area contributed by atoms with E-state index in [1.165, 1.54) is 19.5 Å². The van der Waals surface area contributed by atoms with Gasteiger partial charge in [0.15, 0.2) is 0 Å². The van der Waals surface area contributed by atoms with Gasteiger partial charge in [-0.15, -0.1) is 0 Å². The highest BCUT2D eigenvalue weighted by atomic mass is 15.1. The first-order valence-corrected chi connectivity index (χ1v) is 5.22. The number of rotatable bonds is 8. The molecular weight excluding hydrogens is 162 g/mol. The molecule has 0 radical (unpaired) electrons. The Morgan fingerprint density at radius 1 is 1.00 bits per heavy atom. The quantitative estimate of drug-likeness (QED) is 0.596. The molecule has 0 amide bonds. The van der Waals surface area contributed by atoms with Crippen LogP contribution < -0.4 is 5.32 Å². The van der Waals surface area contributed by atoms with Crippen LogP contribution in [-0.4, -0.2) is 63.7 Å². The van der Waals surface area contributed by atoms with Gasteiger partial charge in [0, 0.05) is 13.1 Å². The van der Waals surface area contributed by atoms with Gasteiger partial charge in [0.2, 0.25) is 0 Å². The topological polar surface area (TPSA) is 18.5 Å². The molecule has 0 fully saturated rings. The number of nitrogens with zero attached hydrogens (tertiary/aromatic N) is 2. The monoisotopic (exact) mass is 187 g/mol. The van der Waals surface area contributed by atoms with Crippen LogP contribution in [0, 0.1) is 0 Å². The highest BCUT2D eigenvalue weighted by Crippen LogP contribution is 1.89. The Balaban J connectivity index is 3.21. The van der Waals surface area contributed by atoms with Crippen molar-refractivity contribution in [2.45, 2.75) is 13.3 Å². The second kappa shape index (κ2) is 8.48. The van der Waals surface area contributed by atoms with Gasteiger partial charge < -0.3 is 15.1 Å². The first kappa shape index (κ1) is 12.9.